The van der Waals surface area contributed by atoms with E-state index >= 15 is 0 Å². The van der Waals surface area contributed by atoms with Gasteiger partial charge in [-0.05, 0) is 31.2 Å². The Kier molecular flexibility index (Phi) is 3.58. The number of thioether (sulfide) groups is 1. The maximum atomic E-state index is 5.82. The number of hydrogen-bond donors (Lipinski definition) is 0. The van der Waals surface area contributed by atoms with Gasteiger partial charge in [0.1, 0.15) is 0 Å². The van der Waals surface area contributed by atoms with Crippen LogP contribution < -0.4 is 0 Å². The third kappa shape index (κ3) is 2.36. The lowest BCUT2D eigenvalue weighted by molar-refractivity contribution is 1.41. The lowest BCUT2D eigenvalue weighted by Gasteiger charge is -2.04. The first-order valence-electron chi connectivity index (χ1n) is 3.68. The quantitative estimate of drug-likeness (QED) is 0.545. The molecule has 1 aromatic rings. The van der Waals surface area contributed by atoms with Crippen molar-refractivity contribution in [2.75, 3.05) is 6.26 Å². The van der Waals surface area contributed by atoms with Crippen molar-refractivity contribution in [3.63, 3.8) is 0 Å². The number of halogens is 1. The molecule has 0 aliphatic heterocycles. The van der Waals surface area contributed by atoms with Gasteiger partial charge in [-0.3, -0.25) is 4.99 Å². The minimum Gasteiger partial charge on any atom is -0.264 e. The number of hydrogen-bond acceptors (Lipinski definition) is 2. The van der Waals surface area contributed by atoms with Gasteiger partial charge in [0.15, 0.2) is 0 Å². The van der Waals surface area contributed by atoms with Crippen LogP contribution >= 0.6 is 23.4 Å². The van der Waals surface area contributed by atoms with Crippen molar-refractivity contribution in [1.29, 1.82) is 0 Å². The molecule has 0 N–H and O–H groups in total. The minimum atomic E-state index is 0.498. The normalized spacial score (nSPS) is 9.69. The van der Waals surface area contributed by atoms with Gasteiger partial charge in [0, 0.05) is 15.5 Å². The first-order chi connectivity index (χ1) is 6.19. The molecule has 0 spiro atoms. The second-order valence-electron chi connectivity index (χ2n) is 2.45. The molecule has 0 bridgehead atoms. The molecule has 0 heterocycles. The Morgan fingerprint density at radius 1 is 1.54 bits per heavy atom. The second kappa shape index (κ2) is 4.49. The van der Waals surface area contributed by atoms with Crippen LogP contribution in [0.3, 0.4) is 0 Å². The minimum absolute atomic E-state index is 0.498. The predicted octanol–water partition coefficient (Wildman–Crippen LogP) is 3.95. The Balaban J connectivity index is 3.25. The van der Waals surface area contributed by atoms with Gasteiger partial charge < -0.3 is 0 Å². The Bertz CT molecular complexity index is 347. The third-order valence-corrected chi connectivity index (χ3v) is 2.60. The van der Waals surface area contributed by atoms with E-state index in [0.717, 1.165) is 16.1 Å². The molecule has 13 heavy (non-hydrogen) atoms. The van der Waals surface area contributed by atoms with E-state index in [1.807, 2.05) is 24.5 Å². The van der Waals surface area contributed by atoms with E-state index in [4.69, 9.17) is 11.6 Å². The van der Waals surface area contributed by atoms with Crippen LogP contribution in [0, 0.1) is 0 Å². The third-order valence-electron chi connectivity index (χ3n) is 1.67. The Morgan fingerprint density at radius 2 is 2.23 bits per heavy atom. The van der Waals surface area contributed by atoms with E-state index in [1.54, 1.807) is 11.8 Å². The summed E-state index contributed by atoms with van der Waals surface area (Å²) in [7, 11) is 0. The average molecular weight is 212 g/mol. The smallest absolute Gasteiger partial charge is 0.0710 e. The van der Waals surface area contributed by atoms with E-state index in [1.165, 1.54) is 0 Å². The topological polar surface area (TPSA) is 12.4 Å². The molecule has 1 aromatic carbocycles. The summed E-state index contributed by atoms with van der Waals surface area (Å²) in [5, 5.41) is 0.498. The highest BCUT2D eigenvalue weighted by molar-refractivity contribution is 7.98. The molecule has 0 saturated carbocycles. The summed E-state index contributed by atoms with van der Waals surface area (Å²) in [5.41, 5.74) is 1.63. The summed E-state index contributed by atoms with van der Waals surface area (Å²) >= 11 is 7.48. The predicted molar refractivity (Wildman–Crippen MR) is 62.3 cm³/mol. The fourth-order valence-electron chi connectivity index (χ4n) is 0.997. The highest BCUT2D eigenvalue weighted by atomic mass is 35.5. The molecule has 0 aromatic heterocycles. The van der Waals surface area contributed by atoms with Crippen LogP contribution in [-0.4, -0.2) is 13.0 Å². The van der Waals surface area contributed by atoms with Crippen molar-refractivity contribution in [2.24, 2.45) is 4.99 Å². The first kappa shape index (κ1) is 10.4. The van der Waals surface area contributed by atoms with Crippen molar-refractivity contribution in [1.82, 2.24) is 0 Å². The van der Waals surface area contributed by atoms with Gasteiger partial charge in [-0.25, -0.2) is 0 Å². The highest BCUT2D eigenvalue weighted by Crippen LogP contribution is 2.31. The molecule has 0 radical (unpaired) electrons. The van der Waals surface area contributed by atoms with Crippen molar-refractivity contribution >= 4 is 40.8 Å². The van der Waals surface area contributed by atoms with Crippen molar-refractivity contribution in [3.8, 4) is 0 Å². The Labute approximate surface area is 87.5 Å². The molecule has 1 nitrogen and oxygen atoms in total. The van der Waals surface area contributed by atoms with Gasteiger partial charge in [-0.1, -0.05) is 18.2 Å². The summed E-state index contributed by atoms with van der Waals surface area (Å²) in [5.74, 6) is 0. The largest absolute Gasteiger partial charge is 0.264 e. The maximum absolute atomic E-state index is 5.82. The van der Waals surface area contributed by atoms with Crippen molar-refractivity contribution in [2.45, 2.75) is 4.90 Å². The lowest BCUT2D eigenvalue weighted by atomic mass is 10.2. The number of nitrogens with zero attached hydrogens (tertiary/aromatic N) is 1. The van der Waals surface area contributed by atoms with E-state index in [-0.39, 0.29) is 0 Å². The summed E-state index contributed by atoms with van der Waals surface area (Å²) < 4.78 is 0. The van der Waals surface area contributed by atoms with Crippen LogP contribution in [0.15, 0.2) is 34.7 Å². The molecule has 68 valence electrons. The SMILES string of the molecule is C=Nc1ccc(SC)cc1C(=C)Cl. The Hall–Kier alpha value is -0.730. The molecular weight excluding hydrogens is 202 g/mol. The average Bonchev–Trinajstić information content (AvgIpc) is 2.16. The lowest BCUT2D eigenvalue weighted by Crippen LogP contribution is -1.79. The van der Waals surface area contributed by atoms with Crippen LogP contribution in [0.25, 0.3) is 5.03 Å². The fraction of sp³-hybridized carbons (Fsp3) is 0.100. The summed E-state index contributed by atoms with van der Waals surface area (Å²) in [6.45, 7) is 7.15. The highest BCUT2D eigenvalue weighted by Gasteiger charge is 2.03. The fourth-order valence-corrected chi connectivity index (χ4v) is 1.59. The molecule has 1 rings (SSSR count). The number of benzene rings is 1. The van der Waals surface area contributed by atoms with Crippen LogP contribution in [0.5, 0.6) is 0 Å². The molecule has 0 saturated heterocycles. The van der Waals surface area contributed by atoms with E-state index in [2.05, 4.69) is 18.3 Å². The van der Waals surface area contributed by atoms with Crippen molar-refractivity contribution < 1.29 is 0 Å². The van der Waals surface area contributed by atoms with Crippen LogP contribution in [-0.2, 0) is 0 Å². The molecule has 0 unspecified atom stereocenters. The number of rotatable bonds is 3. The van der Waals surface area contributed by atoms with E-state index < -0.39 is 0 Å². The zero-order valence-corrected chi connectivity index (χ0v) is 8.95. The van der Waals surface area contributed by atoms with Crippen LogP contribution in [0.1, 0.15) is 5.56 Å². The summed E-state index contributed by atoms with van der Waals surface area (Å²) in [6.07, 6.45) is 2.01. The van der Waals surface area contributed by atoms with Gasteiger partial charge >= 0.3 is 0 Å². The van der Waals surface area contributed by atoms with Gasteiger partial charge in [0.2, 0.25) is 0 Å². The van der Waals surface area contributed by atoms with E-state index in [0.29, 0.717) is 5.03 Å². The standard InChI is InChI=1S/C10H10ClNS/c1-7(11)9-6-8(13-3)4-5-10(9)12-2/h4-6H,1-2H2,3H3. The molecular formula is C10H10ClNS. The van der Waals surface area contributed by atoms with Gasteiger partial charge in [-0.15, -0.1) is 11.8 Å². The van der Waals surface area contributed by atoms with Crippen LogP contribution in [0.2, 0.25) is 0 Å². The molecule has 0 fully saturated rings. The monoisotopic (exact) mass is 211 g/mol. The van der Waals surface area contributed by atoms with Crippen molar-refractivity contribution in [3.05, 3.63) is 30.3 Å². The summed E-state index contributed by atoms with van der Waals surface area (Å²) in [6, 6.07) is 5.84. The molecule has 0 amide bonds. The van der Waals surface area contributed by atoms with Gasteiger partial charge in [0.05, 0.1) is 5.69 Å². The van der Waals surface area contributed by atoms with Gasteiger partial charge in [-0.2, -0.15) is 0 Å². The van der Waals surface area contributed by atoms with Gasteiger partial charge in [0.25, 0.3) is 0 Å². The van der Waals surface area contributed by atoms with E-state index in [9.17, 15) is 0 Å². The zero-order chi connectivity index (χ0) is 9.84. The second-order valence-corrected chi connectivity index (χ2v) is 3.78. The number of aliphatic imine (C=N–C) groups is 1. The molecule has 0 aliphatic rings. The van der Waals surface area contributed by atoms with Crippen LogP contribution in [0.4, 0.5) is 5.69 Å². The maximum Gasteiger partial charge on any atom is 0.0710 e. The molecule has 0 aliphatic carbocycles. The summed E-state index contributed by atoms with van der Waals surface area (Å²) in [4.78, 5) is 5.01. The molecule has 0 atom stereocenters. The molecule has 3 heteroatoms. The first-order valence-corrected chi connectivity index (χ1v) is 5.29. The Morgan fingerprint density at radius 3 is 2.69 bits per heavy atom. The zero-order valence-electron chi connectivity index (χ0n) is 7.38.